The van der Waals surface area contributed by atoms with Crippen LogP contribution in [-0.2, 0) is 10.3 Å². The highest BCUT2D eigenvalue weighted by Gasteiger charge is 2.40. The lowest BCUT2D eigenvalue weighted by atomic mass is 9.71. The summed E-state index contributed by atoms with van der Waals surface area (Å²) in [4.78, 5) is 28.8. The average Bonchev–Trinajstić information content (AvgIpc) is 2.59. The SMILES string of the molecule is CCOC(=O)c1ccc(C(=O)NC2(c3ccc(F)cc3)CCC2)nc1C. The zero-order valence-electron chi connectivity index (χ0n) is 14.8. The second-order valence-electron chi connectivity index (χ2n) is 6.45. The van der Waals surface area contributed by atoms with E-state index in [1.807, 2.05) is 0 Å². The van der Waals surface area contributed by atoms with Gasteiger partial charge in [-0.3, -0.25) is 4.79 Å². The van der Waals surface area contributed by atoms with Crippen LogP contribution in [0.1, 0.15) is 58.3 Å². The highest BCUT2D eigenvalue weighted by atomic mass is 19.1. The van der Waals surface area contributed by atoms with Crippen molar-refractivity contribution in [2.75, 3.05) is 6.61 Å². The number of rotatable bonds is 5. The molecule has 1 N–H and O–H groups in total. The van der Waals surface area contributed by atoms with Crippen LogP contribution in [0.4, 0.5) is 4.39 Å². The Morgan fingerprint density at radius 2 is 1.88 bits per heavy atom. The lowest BCUT2D eigenvalue weighted by Gasteiger charge is -2.43. The summed E-state index contributed by atoms with van der Waals surface area (Å²) < 4.78 is 18.2. The van der Waals surface area contributed by atoms with Gasteiger partial charge in [0, 0.05) is 0 Å². The van der Waals surface area contributed by atoms with Crippen LogP contribution in [0.25, 0.3) is 0 Å². The van der Waals surface area contributed by atoms with Gasteiger partial charge in [-0.15, -0.1) is 0 Å². The van der Waals surface area contributed by atoms with Crippen LogP contribution in [0, 0.1) is 12.7 Å². The van der Waals surface area contributed by atoms with Gasteiger partial charge in [-0.1, -0.05) is 12.1 Å². The zero-order chi connectivity index (χ0) is 18.7. The summed E-state index contributed by atoms with van der Waals surface area (Å²) in [7, 11) is 0. The van der Waals surface area contributed by atoms with Gasteiger partial charge in [-0.25, -0.2) is 14.2 Å². The molecule has 1 aliphatic rings. The number of nitrogens with zero attached hydrogens (tertiary/aromatic N) is 1. The lowest BCUT2D eigenvalue weighted by Crippen LogP contribution is -2.51. The number of benzene rings is 1. The molecule has 136 valence electrons. The van der Waals surface area contributed by atoms with Crippen LogP contribution in [0.15, 0.2) is 36.4 Å². The highest BCUT2D eigenvalue weighted by Crippen LogP contribution is 2.41. The van der Waals surface area contributed by atoms with Crippen molar-refractivity contribution in [3.8, 4) is 0 Å². The van der Waals surface area contributed by atoms with E-state index in [-0.39, 0.29) is 24.0 Å². The number of amides is 1. The summed E-state index contributed by atoms with van der Waals surface area (Å²) >= 11 is 0. The fourth-order valence-corrected chi connectivity index (χ4v) is 3.18. The Morgan fingerprint density at radius 3 is 2.42 bits per heavy atom. The molecule has 0 aliphatic heterocycles. The molecule has 1 amide bonds. The Labute approximate surface area is 151 Å². The van der Waals surface area contributed by atoms with Gasteiger partial charge in [0.25, 0.3) is 5.91 Å². The van der Waals surface area contributed by atoms with Crippen LogP contribution in [-0.4, -0.2) is 23.5 Å². The van der Waals surface area contributed by atoms with Crippen molar-refractivity contribution in [1.29, 1.82) is 0 Å². The first kappa shape index (κ1) is 18.0. The molecule has 1 heterocycles. The van der Waals surface area contributed by atoms with E-state index >= 15 is 0 Å². The van der Waals surface area contributed by atoms with E-state index in [1.165, 1.54) is 18.2 Å². The second-order valence-corrected chi connectivity index (χ2v) is 6.45. The number of aromatic nitrogens is 1. The van der Waals surface area contributed by atoms with Crippen molar-refractivity contribution in [1.82, 2.24) is 10.3 Å². The average molecular weight is 356 g/mol. The molecule has 5 nitrogen and oxygen atoms in total. The molecular formula is C20H21FN2O3. The van der Waals surface area contributed by atoms with Gasteiger partial charge in [0.05, 0.1) is 23.4 Å². The normalized spacial score (nSPS) is 15.0. The quantitative estimate of drug-likeness (QED) is 0.833. The summed E-state index contributed by atoms with van der Waals surface area (Å²) in [5.41, 5.74) is 1.43. The number of halogens is 1. The zero-order valence-corrected chi connectivity index (χ0v) is 14.8. The van der Waals surface area contributed by atoms with E-state index in [4.69, 9.17) is 4.74 Å². The third-order valence-corrected chi connectivity index (χ3v) is 4.77. The maximum atomic E-state index is 13.2. The minimum atomic E-state index is -0.486. The Hall–Kier alpha value is -2.76. The van der Waals surface area contributed by atoms with Crippen molar-refractivity contribution in [3.63, 3.8) is 0 Å². The monoisotopic (exact) mass is 356 g/mol. The summed E-state index contributed by atoms with van der Waals surface area (Å²) in [6.45, 7) is 3.68. The van der Waals surface area contributed by atoms with Gasteiger partial charge in [0.15, 0.2) is 0 Å². The van der Waals surface area contributed by atoms with Gasteiger partial charge < -0.3 is 10.1 Å². The molecule has 1 aliphatic carbocycles. The van der Waals surface area contributed by atoms with Gasteiger partial charge >= 0.3 is 5.97 Å². The van der Waals surface area contributed by atoms with Crippen LogP contribution < -0.4 is 5.32 Å². The minimum Gasteiger partial charge on any atom is -0.462 e. The number of pyridine rings is 1. The van der Waals surface area contributed by atoms with Crippen LogP contribution in [0.5, 0.6) is 0 Å². The molecule has 0 spiro atoms. The van der Waals surface area contributed by atoms with Crippen molar-refractivity contribution < 1.29 is 18.7 Å². The summed E-state index contributed by atoms with van der Waals surface area (Å²) in [5.74, 6) is -1.07. The van der Waals surface area contributed by atoms with E-state index < -0.39 is 11.5 Å². The molecule has 1 aromatic carbocycles. The predicted octanol–water partition coefficient (Wildman–Crippen LogP) is 3.52. The Bertz CT molecular complexity index is 829. The topological polar surface area (TPSA) is 68.3 Å². The number of aryl methyl sites for hydroxylation is 1. The fraction of sp³-hybridized carbons (Fsp3) is 0.350. The Balaban J connectivity index is 1.80. The van der Waals surface area contributed by atoms with Crippen LogP contribution >= 0.6 is 0 Å². The maximum absolute atomic E-state index is 13.2. The molecule has 6 heteroatoms. The Morgan fingerprint density at radius 1 is 1.19 bits per heavy atom. The third-order valence-electron chi connectivity index (χ3n) is 4.77. The number of carbonyl (C=O) groups is 2. The standard InChI is InChI=1S/C20H21FN2O3/c1-3-26-19(25)16-9-10-17(22-13(16)2)18(24)23-20(11-4-12-20)14-5-7-15(21)8-6-14/h5-10H,3-4,11-12H2,1-2H3,(H,23,24). The van der Waals surface area contributed by atoms with Gasteiger partial charge in [0.2, 0.25) is 0 Å². The molecule has 1 saturated carbocycles. The molecule has 26 heavy (non-hydrogen) atoms. The number of hydrogen-bond donors (Lipinski definition) is 1. The molecule has 0 atom stereocenters. The largest absolute Gasteiger partial charge is 0.462 e. The predicted molar refractivity (Wildman–Crippen MR) is 94.3 cm³/mol. The molecule has 0 bridgehead atoms. The molecular weight excluding hydrogens is 335 g/mol. The van der Waals surface area contributed by atoms with E-state index in [0.717, 1.165) is 24.8 Å². The van der Waals surface area contributed by atoms with Gasteiger partial charge in [-0.2, -0.15) is 0 Å². The van der Waals surface area contributed by atoms with Crippen molar-refractivity contribution in [3.05, 3.63) is 64.7 Å². The van der Waals surface area contributed by atoms with E-state index in [2.05, 4.69) is 10.3 Å². The third kappa shape index (κ3) is 3.45. The van der Waals surface area contributed by atoms with E-state index in [1.54, 1.807) is 32.0 Å². The molecule has 1 fully saturated rings. The first-order chi connectivity index (χ1) is 12.4. The maximum Gasteiger partial charge on any atom is 0.339 e. The van der Waals surface area contributed by atoms with Crippen molar-refractivity contribution in [2.24, 2.45) is 0 Å². The summed E-state index contributed by atoms with van der Waals surface area (Å²) in [6, 6.07) is 9.29. The minimum absolute atomic E-state index is 0.240. The Kier molecular flexibility index (Phi) is 5.02. The van der Waals surface area contributed by atoms with Crippen molar-refractivity contribution in [2.45, 2.75) is 38.6 Å². The molecule has 2 aromatic rings. The van der Waals surface area contributed by atoms with Crippen LogP contribution in [0.3, 0.4) is 0 Å². The first-order valence-electron chi connectivity index (χ1n) is 8.68. The fourth-order valence-electron chi connectivity index (χ4n) is 3.18. The molecule has 3 rings (SSSR count). The van der Waals surface area contributed by atoms with Gasteiger partial charge in [0.1, 0.15) is 11.5 Å². The highest BCUT2D eigenvalue weighted by molar-refractivity contribution is 5.95. The number of nitrogens with one attached hydrogen (secondary N) is 1. The smallest absolute Gasteiger partial charge is 0.339 e. The van der Waals surface area contributed by atoms with Gasteiger partial charge in [-0.05, 0) is 62.9 Å². The van der Waals surface area contributed by atoms with E-state index in [9.17, 15) is 14.0 Å². The number of esters is 1. The lowest BCUT2D eigenvalue weighted by molar-refractivity contribution is 0.0524. The molecule has 0 unspecified atom stereocenters. The molecule has 0 saturated heterocycles. The van der Waals surface area contributed by atoms with Crippen LogP contribution in [0.2, 0.25) is 0 Å². The van der Waals surface area contributed by atoms with E-state index in [0.29, 0.717) is 11.3 Å². The van der Waals surface area contributed by atoms with Crippen molar-refractivity contribution >= 4 is 11.9 Å². The molecule has 1 aromatic heterocycles. The summed E-state index contributed by atoms with van der Waals surface area (Å²) in [5, 5.41) is 3.04. The number of ether oxygens (including phenoxy) is 1. The number of carbonyl (C=O) groups excluding carboxylic acids is 2. The second kappa shape index (κ2) is 7.23. The summed E-state index contributed by atoms with van der Waals surface area (Å²) in [6.07, 6.45) is 2.58. The number of hydrogen-bond acceptors (Lipinski definition) is 4. The molecule has 0 radical (unpaired) electrons. The first-order valence-corrected chi connectivity index (χ1v) is 8.68.